The summed E-state index contributed by atoms with van der Waals surface area (Å²) in [6.45, 7) is 0. The van der Waals surface area contributed by atoms with E-state index in [0.29, 0.717) is 23.3 Å². The minimum absolute atomic E-state index is 0.0354. The van der Waals surface area contributed by atoms with Crippen molar-refractivity contribution in [3.63, 3.8) is 0 Å². The van der Waals surface area contributed by atoms with Gasteiger partial charge in [-0.2, -0.15) is 26.3 Å². The number of hydrogen-bond donors (Lipinski definition) is 1. The van der Waals surface area contributed by atoms with Crippen LogP contribution in [0.5, 0.6) is 0 Å². The molecule has 1 fully saturated rings. The Hall–Kier alpha value is -3.89. The lowest BCUT2D eigenvalue weighted by molar-refractivity contribution is -0.143. The highest BCUT2D eigenvalue weighted by Crippen LogP contribution is 2.38. The highest BCUT2D eigenvalue weighted by molar-refractivity contribution is 6.09. The second-order valence-corrected chi connectivity index (χ2v) is 9.71. The molecular formula is C29H25F7N2O2. The van der Waals surface area contributed by atoms with Crippen molar-refractivity contribution in [2.45, 2.75) is 50.5 Å². The highest BCUT2D eigenvalue weighted by atomic mass is 19.4. The SMILES string of the molecule is CN(C(=O)c1cc(C(F)(F)F)cc(C(F)(F)F)c1)c1cc(C(=O)NC2CCCCC2)ccc1-c1ccc(F)cc1. The van der Waals surface area contributed by atoms with Crippen LogP contribution in [0.3, 0.4) is 0 Å². The lowest BCUT2D eigenvalue weighted by atomic mass is 9.95. The number of benzene rings is 3. The largest absolute Gasteiger partial charge is 0.416 e. The minimum atomic E-state index is -5.13. The molecule has 0 atom stereocenters. The molecule has 0 aromatic heterocycles. The van der Waals surface area contributed by atoms with Crippen molar-refractivity contribution in [1.82, 2.24) is 5.32 Å². The number of carbonyl (C=O) groups excluding carboxylic acids is 2. The van der Waals surface area contributed by atoms with Gasteiger partial charge in [-0.1, -0.05) is 37.5 Å². The highest BCUT2D eigenvalue weighted by Gasteiger charge is 2.38. The Morgan fingerprint density at radius 2 is 1.35 bits per heavy atom. The zero-order chi connectivity index (χ0) is 29.2. The molecule has 2 amide bonds. The van der Waals surface area contributed by atoms with Gasteiger partial charge in [0.05, 0.1) is 16.8 Å². The quantitative estimate of drug-likeness (QED) is 0.320. The molecule has 0 radical (unpaired) electrons. The molecule has 1 N–H and O–H groups in total. The molecule has 4 rings (SSSR count). The summed E-state index contributed by atoms with van der Waals surface area (Å²) in [5, 5.41) is 2.94. The average Bonchev–Trinajstić information content (AvgIpc) is 2.91. The Balaban J connectivity index is 1.77. The fraction of sp³-hybridized carbons (Fsp3) is 0.310. The van der Waals surface area contributed by atoms with Gasteiger partial charge in [-0.15, -0.1) is 0 Å². The molecular weight excluding hydrogens is 541 g/mol. The fourth-order valence-electron chi connectivity index (χ4n) is 4.72. The van der Waals surface area contributed by atoms with E-state index in [1.165, 1.54) is 37.4 Å². The standard InChI is InChI=1S/C29H25F7N2O2/c1-38(27(40)19-13-20(28(31,32)33)16-21(14-19)29(34,35)36)25-15-18(26(39)37-23-5-3-2-4-6-23)9-12-24(25)17-7-10-22(30)11-8-17/h7-16,23H,2-6H2,1H3,(H,37,39). The van der Waals surface area contributed by atoms with Crippen molar-refractivity contribution >= 4 is 17.5 Å². The van der Waals surface area contributed by atoms with Crippen LogP contribution in [0.1, 0.15) is 63.9 Å². The van der Waals surface area contributed by atoms with E-state index >= 15 is 0 Å². The normalized spacial score (nSPS) is 14.6. The number of carbonyl (C=O) groups is 2. The lowest BCUT2D eigenvalue weighted by Crippen LogP contribution is -2.36. The van der Waals surface area contributed by atoms with Crippen molar-refractivity contribution in [3.8, 4) is 11.1 Å². The summed E-state index contributed by atoms with van der Waals surface area (Å²) in [5.41, 5.74) is -3.18. The molecule has 0 spiro atoms. The predicted molar refractivity (Wildman–Crippen MR) is 135 cm³/mol. The Kier molecular flexibility index (Phi) is 8.23. The van der Waals surface area contributed by atoms with E-state index in [2.05, 4.69) is 5.32 Å². The van der Waals surface area contributed by atoms with Crippen molar-refractivity contribution in [1.29, 1.82) is 0 Å². The second kappa shape index (κ2) is 11.3. The van der Waals surface area contributed by atoms with Gasteiger partial charge in [0.15, 0.2) is 0 Å². The van der Waals surface area contributed by atoms with Crippen LogP contribution >= 0.6 is 0 Å². The third kappa shape index (κ3) is 6.63. The minimum Gasteiger partial charge on any atom is -0.349 e. The van der Waals surface area contributed by atoms with Crippen molar-refractivity contribution in [3.05, 3.63) is 88.7 Å². The zero-order valence-corrected chi connectivity index (χ0v) is 21.3. The van der Waals surface area contributed by atoms with E-state index in [4.69, 9.17) is 0 Å². The van der Waals surface area contributed by atoms with Crippen LogP contribution in [-0.2, 0) is 12.4 Å². The van der Waals surface area contributed by atoms with Crippen molar-refractivity contribution < 1.29 is 40.3 Å². The van der Waals surface area contributed by atoms with E-state index in [0.717, 1.165) is 49.1 Å². The molecule has 11 heteroatoms. The average molecular weight is 567 g/mol. The van der Waals surface area contributed by atoms with Gasteiger partial charge < -0.3 is 10.2 Å². The molecule has 40 heavy (non-hydrogen) atoms. The maximum absolute atomic E-state index is 13.6. The molecule has 1 aliphatic carbocycles. The molecule has 0 heterocycles. The number of amides is 2. The van der Waals surface area contributed by atoms with Gasteiger partial charge in [0.2, 0.25) is 0 Å². The van der Waals surface area contributed by atoms with Crippen LogP contribution in [0, 0.1) is 5.82 Å². The van der Waals surface area contributed by atoms with E-state index in [1.54, 1.807) is 0 Å². The molecule has 0 unspecified atom stereocenters. The Morgan fingerprint density at radius 3 is 1.90 bits per heavy atom. The first-order valence-corrected chi connectivity index (χ1v) is 12.5. The maximum Gasteiger partial charge on any atom is 0.416 e. The van der Waals surface area contributed by atoms with E-state index in [9.17, 15) is 40.3 Å². The van der Waals surface area contributed by atoms with Crippen LogP contribution in [0.4, 0.5) is 36.4 Å². The number of nitrogens with zero attached hydrogens (tertiary/aromatic N) is 1. The summed E-state index contributed by atoms with van der Waals surface area (Å²) in [6.07, 6.45) is -5.65. The number of hydrogen-bond acceptors (Lipinski definition) is 2. The van der Waals surface area contributed by atoms with Gasteiger partial charge in [-0.3, -0.25) is 9.59 Å². The third-order valence-electron chi connectivity index (χ3n) is 6.86. The maximum atomic E-state index is 13.6. The first-order chi connectivity index (χ1) is 18.7. The smallest absolute Gasteiger partial charge is 0.349 e. The molecule has 4 nitrogen and oxygen atoms in total. The molecule has 0 aliphatic heterocycles. The van der Waals surface area contributed by atoms with Gasteiger partial charge in [0, 0.05) is 29.8 Å². The monoisotopic (exact) mass is 566 g/mol. The van der Waals surface area contributed by atoms with Crippen LogP contribution in [-0.4, -0.2) is 24.9 Å². The third-order valence-corrected chi connectivity index (χ3v) is 6.86. The zero-order valence-electron chi connectivity index (χ0n) is 21.3. The Labute approximate surface area is 225 Å². The number of rotatable bonds is 5. The molecule has 1 saturated carbocycles. The van der Waals surface area contributed by atoms with Gasteiger partial charge in [-0.05, 0) is 60.9 Å². The predicted octanol–water partition coefficient (Wildman–Crippen LogP) is 7.87. The topological polar surface area (TPSA) is 49.4 Å². The molecule has 212 valence electrons. The Bertz CT molecular complexity index is 1360. The fourth-order valence-corrected chi connectivity index (χ4v) is 4.72. The summed E-state index contributed by atoms with van der Waals surface area (Å²) in [4.78, 5) is 27.3. The van der Waals surface area contributed by atoms with Crippen molar-refractivity contribution in [2.75, 3.05) is 11.9 Å². The van der Waals surface area contributed by atoms with Gasteiger partial charge in [0.1, 0.15) is 5.82 Å². The summed E-state index contributed by atoms with van der Waals surface area (Å²) < 4.78 is 94.0. The number of nitrogens with one attached hydrogen (secondary N) is 1. The molecule has 3 aromatic carbocycles. The first-order valence-electron chi connectivity index (χ1n) is 12.5. The van der Waals surface area contributed by atoms with Crippen molar-refractivity contribution in [2.24, 2.45) is 0 Å². The molecule has 0 bridgehead atoms. The van der Waals surface area contributed by atoms with Gasteiger partial charge in [-0.25, -0.2) is 4.39 Å². The summed E-state index contributed by atoms with van der Waals surface area (Å²) in [6, 6.07) is 10.1. The number of halogens is 7. The molecule has 0 saturated heterocycles. The van der Waals surface area contributed by atoms with Crippen LogP contribution in [0.25, 0.3) is 11.1 Å². The van der Waals surface area contributed by atoms with E-state index in [1.807, 2.05) is 0 Å². The van der Waals surface area contributed by atoms with Gasteiger partial charge in [0.25, 0.3) is 11.8 Å². The lowest BCUT2D eigenvalue weighted by Gasteiger charge is -2.25. The van der Waals surface area contributed by atoms with Crippen LogP contribution in [0.15, 0.2) is 60.7 Å². The van der Waals surface area contributed by atoms with Crippen LogP contribution < -0.4 is 10.2 Å². The number of anilines is 1. The summed E-state index contributed by atoms with van der Waals surface area (Å²) in [7, 11) is 1.18. The van der Waals surface area contributed by atoms with Crippen LogP contribution in [0.2, 0.25) is 0 Å². The van der Waals surface area contributed by atoms with E-state index < -0.39 is 46.7 Å². The first kappa shape index (κ1) is 29.1. The van der Waals surface area contributed by atoms with E-state index in [-0.39, 0.29) is 23.4 Å². The molecule has 3 aromatic rings. The second-order valence-electron chi connectivity index (χ2n) is 9.71. The summed E-state index contributed by atoms with van der Waals surface area (Å²) in [5.74, 6) is -2.13. The summed E-state index contributed by atoms with van der Waals surface area (Å²) >= 11 is 0. The number of alkyl halides is 6. The Morgan fingerprint density at radius 1 is 0.775 bits per heavy atom. The molecule has 1 aliphatic rings. The van der Waals surface area contributed by atoms with Gasteiger partial charge >= 0.3 is 12.4 Å².